The van der Waals surface area contributed by atoms with Crippen LogP contribution >= 0.6 is 11.8 Å². The summed E-state index contributed by atoms with van der Waals surface area (Å²) in [6, 6.07) is 11.7. The fourth-order valence-electron chi connectivity index (χ4n) is 2.26. The first-order valence-corrected chi connectivity index (χ1v) is 7.24. The molecule has 4 rings (SSSR count). The molecule has 0 bridgehead atoms. The lowest BCUT2D eigenvalue weighted by Crippen LogP contribution is -1.90. The van der Waals surface area contributed by atoms with E-state index in [-0.39, 0.29) is 0 Å². The Labute approximate surface area is 124 Å². The third kappa shape index (κ3) is 2.00. The number of hydrogen-bond donors (Lipinski definition) is 1. The van der Waals surface area contributed by atoms with Gasteiger partial charge in [-0.15, -0.1) is 10.2 Å². The second kappa shape index (κ2) is 4.75. The maximum atomic E-state index is 6.01. The second-order valence-corrected chi connectivity index (χ2v) is 5.60. The van der Waals surface area contributed by atoms with E-state index in [1.54, 1.807) is 24.2 Å². The smallest absolute Gasteiger partial charge is 0.200 e. The highest BCUT2D eigenvalue weighted by atomic mass is 32.2. The van der Waals surface area contributed by atoms with Crippen LogP contribution in [0, 0.1) is 0 Å². The Hall–Kier alpha value is -2.60. The van der Waals surface area contributed by atoms with Gasteiger partial charge >= 0.3 is 0 Å². The van der Waals surface area contributed by atoms with Gasteiger partial charge < -0.3 is 5.73 Å². The van der Waals surface area contributed by atoms with Gasteiger partial charge in [-0.05, 0) is 42.1 Å². The Morgan fingerprint density at radius 1 is 1.00 bits per heavy atom. The predicted molar refractivity (Wildman–Crippen MR) is 83.3 cm³/mol. The molecule has 0 fully saturated rings. The Bertz CT molecular complexity index is 947. The van der Waals surface area contributed by atoms with Crippen LogP contribution in [0.5, 0.6) is 0 Å². The molecule has 0 radical (unpaired) electrons. The average Bonchev–Trinajstić information content (AvgIpc) is 2.94. The van der Waals surface area contributed by atoms with Crippen LogP contribution in [0.25, 0.3) is 16.4 Å². The molecular formula is C15H11N5S. The third-order valence-electron chi connectivity index (χ3n) is 3.30. The SMILES string of the molecule is Nc1ccc(Sc2nnc3ccccn23)c2ccncc12. The van der Waals surface area contributed by atoms with Crippen LogP contribution in [0.1, 0.15) is 0 Å². The van der Waals surface area contributed by atoms with Gasteiger partial charge in [-0.2, -0.15) is 0 Å². The van der Waals surface area contributed by atoms with E-state index in [1.165, 1.54) is 0 Å². The number of benzene rings is 1. The van der Waals surface area contributed by atoms with E-state index in [2.05, 4.69) is 15.2 Å². The van der Waals surface area contributed by atoms with Crippen molar-refractivity contribution >= 4 is 33.9 Å². The van der Waals surface area contributed by atoms with Crippen molar-refractivity contribution in [2.75, 3.05) is 5.73 Å². The van der Waals surface area contributed by atoms with Gasteiger partial charge in [0.2, 0.25) is 0 Å². The van der Waals surface area contributed by atoms with Gasteiger partial charge in [-0.25, -0.2) is 0 Å². The minimum Gasteiger partial charge on any atom is -0.398 e. The molecule has 5 nitrogen and oxygen atoms in total. The van der Waals surface area contributed by atoms with Gasteiger partial charge in [-0.3, -0.25) is 9.38 Å². The molecule has 3 aromatic heterocycles. The number of rotatable bonds is 2. The molecule has 0 amide bonds. The van der Waals surface area contributed by atoms with Crippen LogP contribution in [0.15, 0.2) is 65.0 Å². The van der Waals surface area contributed by atoms with E-state index in [9.17, 15) is 0 Å². The molecule has 0 aliphatic carbocycles. The number of anilines is 1. The van der Waals surface area contributed by atoms with Crippen LogP contribution in [0.2, 0.25) is 0 Å². The Morgan fingerprint density at radius 2 is 1.95 bits per heavy atom. The number of nitrogens with two attached hydrogens (primary N) is 1. The second-order valence-electron chi connectivity index (χ2n) is 4.59. The average molecular weight is 293 g/mol. The number of pyridine rings is 2. The number of fused-ring (bicyclic) bond motifs is 2. The molecule has 2 N–H and O–H groups in total. The Morgan fingerprint density at radius 3 is 2.90 bits per heavy atom. The van der Waals surface area contributed by atoms with Crippen LogP contribution < -0.4 is 5.73 Å². The van der Waals surface area contributed by atoms with Crippen LogP contribution in [-0.4, -0.2) is 19.6 Å². The van der Waals surface area contributed by atoms with E-state index in [0.29, 0.717) is 0 Å². The van der Waals surface area contributed by atoms with E-state index >= 15 is 0 Å². The minimum absolute atomic E-state index is 0.730. The monoisotopic (exact) mass is 293 g/mol. The first-order chi connectivity index (χ1) is 10.3. The van der Waals surface area contributed by atoms with Crippen LogP contribution in [0.3, 0.4) is 0 Å². The lowest BCUT2D eigenvalue weighted by molar-refractivity contribution is 0.922. The summed E-state index contributed by atoms with van der Waals surface area (Å²) < 4.78 is 1.97. The molecule has 0 spiro atoms. The van der Waals surface area contributed by atoms with Crippen molar-refractivity contribution < 1.29 is 0 Å². The molecular weight excluding hydrogens is 282 g/mol. The van der Waals surface area contributed by atoms with Crippen molar-refractivity contribution in [3.05, 3.63) is 55.0 Å². The van der Waals surface area contributed by atoms with Crippen molar-refractivity contribution in [3.63, 3.8) is 0 Å². The zero-order valence-electron chi connectivity index (χ0n) is 11.0. The summed E-state index contributed by atoms with van der Waals surface area (Å²) in [7, 11) is 0. The maximum Gasteiger partial charge on any atom is 0.200 e. The topological polar surface area (TPSA) is 69.1 Å². The lowest BCUT2D eigenvalue weighted by Gasteiger charge is -2.07. The molecule has 1 aromatic carbocycles. The predicted octanol–water partition coefficient (Wildman–Crippen LogP) is 3.01. The Kier molecular flexibility index (Phi) is 2.75. The molecule has 0 aliphatic heterocycles. The van der Waals surface area contributed by atoms with Crippen molar-refractivity contribution in [2.45, 2.75) is 10.1 Å². The van der Waals surface area contributed by atoms with Crippen molar-refractivity contribution in [1.29, 1.82) is 0 Å². The number of nitrogens with zero attached hydrogens (tertiary/aromatic N) is 4. The van der Waals surface area contributed by atoms with E-state index in [0.717, 1.165) is 32.2 Å². The van der Waals surface area contributed by atoms with Crippen LogP contribution in [0.4, 0.5) is 5.69 Å². The third-order valence-corrected chi connectivity index (χ3v) is 4.33. The first kappa shape index (κ1) is 12.2. The summed E-state index contributed by atoms with van der Waals surface area (Å²) >= 11 is 1.57. The minimum atomic E-state index is 0.730. The van der Waals surface area contributed by atoms with Crippen molar-refractivity contribution in [3.8, 4) is 0 Å². The summed E-state index contributed by atoms with van der Waals surface area (Å²) in [6.07, 6.45) is 5.52. The maximum absolute atomic E-state index is 6.01. The summed E-state index contributed by atoms with van der Waals surface area (Å²) in [5, 5.41) is 11.3. The van der Waals surface area contributed by atoms with Crippen molar-refractivity contribution in [1.82, 2.24) is 19.6 Å². The number of nitrogen functional groups attached to an aromatic ring is 1. The Balaban J connectivity index is 1.86. The van der Waals surface area contributed by atoms with E-state index in [1.807, 2.05) is 47.0 Å². The standard InChI is InChI=1S/C15H11N5S/c16-12-4-5-13(10-6-7-17-9-11(10)12)21-15-19-18-14-3-1-2-8-20(14)15/h1-9H,16H2. The highest BCUT2D eigenvalue weighted by molar-refractivity contribution is 7.99. The summed E-state index contributed by atoms with van der Waals surface area (Å²) in [5.41, 5.74) is 7.57. The molecule has 0 aliphatic rings. The van der Waals surface area contributed by atoms with Gasteiger partial charge in [0.1, 0.15) is 0 Å². The zero-order valence-corrected chi connectivity index (χ0v) is 11.8. The quantitative estimate of drug-likeness (QED) is 0.575. The zero-order chi connectivity index (χ0) is 14.2. The fraction of sp³-hybridized carbons (Fsp3) is 0. The summed E-state index contributed by atoms with van der Waals surface area (Å²) in [6.45, 7) is 0. The van der Waals surface area contributed by atoms with Gasteiger partial charge in [0.05, 0.1) is 0 Å². The van der Waals surface area contributed by atoms with Crippen LogP contribution in [-0.2, 0) is 0 Å². The summed E-state index contributed by atoms with van der Waals surface area (Å²) in [5.74, 6) is 0. The molecule has 0 atom stereocenters. The molecule has 6 heteroatoms. The molecule has 0 saturated carbocycles. The fourth-order valence-corrected chi connectivity index (χ4v) is 3.22. The molecule has 21 heavy (non-hydrogen) atoms. The highest BCUT2D eigenvalue weighted by Crippen LogP contribution is 2.34. The lowest BCUT2D eigenvalue weighted by atomic mass is 10.1. The molecule has 102 valence electrons. The molecule has 3 heterocycles. The van der Waals surface area contributed by atoms with Gasteiger partial charge in [0.25, 0.3) is 0 Å². The molecule has 0 unspecified atom stereocenters. The number of aromatic nitrogens is 4. The molecule has 0 saturated heterocycles. The van der Waals surface area contributed by atoms with E-state index in [4.69, 9.17) is 5.73 Å². The van der Waals surface area contributed by atoms with E-state index < -0.39 is 0 Å². The largest absolute Gasteiger partial charge is 0.398 e. The van der Waals surface area contributed by atoms with Crippen molar-refractivity contribution in [2.24, 2.45) is 0 Å². The van der Waals surface area contributed by atoms with Gasteiger partial charge in [0, 0.05) is 39.9 Å². The van der Waals surface area contributed by atoms with Gasteiger partial charge in [0.15, 0.2) is 10.8 Å². The number of hydrogen-bond acceptors (Lipinski definition) is 5. The highest BCUT2D eigenvalue weighted by Gasteiger charge is 2.10. The first-order valence-electron chi connectivity index (χ1n) is 6.43. The van der Waals surface area contributed by atoms with Gasteiger partial charge in [-0.1, -0.05) is 6.07 Å². The normalized spacial score (nSPS) is 11.2. The summed E-state index contributed by atoms with van der Waals surface area (Å²) in [4.78, 5) is 5.22. The molecule has 4 aromatic rings.